The third-order valence-electron chi connectivity index (χ3n) is 5.18. The van der Waals surface area contributed by atoms with Crippen LogP contribution in [0.5, 0.6) is 11.5 Å². The molecule has 0 radical (unpaired) electrons. The van der Waals surface area contributed by atoms with Gasteiger partial charge in [0.2, 0.25) is 0 Å². The van der Waals surface area contributed by atoms with E-state index in [9.17, 15) is 0 Å². The summed E-state index contributed by atoms with van der Waals surface area (Å²) < 4.78 is 43.3. The summed E-state index contributed by atoms with van der Waals surface area (Å²) in [6, 6.07) is 5.31. The molecule has 1 aromatic rings. The second-order valence-electron chi connectivity index (χ2n) is 7.43. The van der Waals surface area contributed by atoms with Gasteiger partial charge in [-0.05, 0) is 64.3 Å². The minimum atomic E-state index is -1.06. The lowest BCUT2D eigenvalue weighted by Gasteiger charge is -2.32. The van der Waals surface area contributed by atoms with Crippen LogP contribution in [0.25, 0.3) is 5.57 Å². The van der Waals surface area contributed by atoms with Gasteiger partial charge in [-0.1, -0.05) is 6.07 Å². The van der Waals surface area contributed by atoms with E-state index in [-0.39, 0.29) is 0 Å². The quantitative estimate of drug-likeness (QED) is 0.493. The summed E-state index contributed by atoms with van der Waals surface area (Å²) in [5.74, 6) is 1.12. The Hall–Kier alpha value is -1.57. The third-order valence-corrected chi connectivity index (χ3v) is 5.18. The van der Waals surface area contributed by atoms with Crippen LogP contribution < -0.4 is 9.47 Å². The van der Waals surface area contributed by atoms with E-state index in [2.05, 4.69) is 0 Å². The van der Waals surface area contributed by atoms with E-state index in [1.54, 1.807) is 32.4 Å². The highest BCUT2D eigenvalue weighted by Gasteiger charge is 2.53. The van der Waals surface area contributed by atoms with Gasteiger partial charge in [-0.15, -0.1) is 0 Å². The largest absolute Gasteiger partial charge is 0.525 e. The summed E-state index contributed by atoms with van der Waals surface area (Å²) in [6.45, 7) is 10.5. The molecule has 0 aromatic heterocycles. The lowest BCUT2D eigenvalue weighted by Crippen LogP contribution is -2.41. The van der Waals surface area contributed by atoms with Crippen molar-refractivity contribution in [1.82, 2.24) is 0 Å². The molecule has 0 unspecified atom stereocenters. The van der Waals surface area contributed by atoms with Crippen molar-refractivity contribution in [2.45, 2.75) is 52.2 Å². The summed E-state index contributed by atoms with van der Waals surface area (Å²) in [6.07, 6.45) is 0.388. The maximum Gasteiger partial charge on any atom is 0.525 e. The smallest absolute Gasteiger partial charge is 0.493 e. The first-order valence-corrected chi connectivity index (χ1v) is 9.21. The molecule has 0 saturated carbocycles. The molecule has 5 nitrogen and oxygen atoms in total. The van der Waals surface area contributed by atoms with Gasteiger partial charge in [-0.25, -0.2) is 4.39 Å². The van der Waals surface area contributed by atoms with Crippen molar-refractivity contribution in [2.24, 2.45) is 0 Å². The third kappa shape index (κ3) is 4.65. The van der Waals surface area contributed by atoms with E-state index >= 15 is 4.39 Å². The fraction of sp³-hybridized carbons (Fsp3) is 0.600. The lowest BCUT2D eigenvalue weighted by atomic mass is 9.81. The van der Waals surface area contributed by atoms with Gasteiger partial charge >= 0.3 is 7.12 Å². The summed E-state index contributed by atoms with van der Waals surface area (Å²) in [4.78, 5) is 0. The average Bonchev–Trinajstić information content (AvgIpc) is 2.85. The van der Waals surface area contributed by atoms with Crippen molar-refractivity contribution in [3.63, 3.8) is 0 Å². The molecule has 7 heteroatoms. The van der Waals surface area contributed by atoms with Gasteiger partial charge in [0, 0.05) is 6.61 Å². The normalized spacial score (nSPS) is 19.0. The van der Waals surface area contributed by atoms with Crippen molar-refractivity contribution < 1.29 is 27.9 Å². The van der Waals surface area contributed by atoms with Crippen LogP contribution in [-0.4, -0.2) is 45.8 Å². The summed E-state index contributed by atoms with van der Waals surface area (Å²) in [5.41, 5.74) is -0.516. The fourth-order valence-corrected chi connectivity index (χ4v) is 2.83. The van der Waals surface area contributed by atoms with E-state index in [4.69, 9.17) is 23.5 Å². The second kappa shape index (κ2) is 8.63. The van der Waals surface area contributed by atoms with Crippen LogP contribution in [0.1, 0.15) is 46.6 Å². The van der Waals surface area contributed by atoms with Gasteiger partial charge in [0.1, 0.15) is 5.73 Å². The lowest BCUT2D eigenvalue weighted by molar-refractivity contribution is 0.00578. The van der Waals surface area contributed by atoms with Crippen LogP contribution in [0.15, 0.2) is 23.9 Å². The monoisotopic (exact) mass is 380 g/mol. The molecule has 27 heavy (non-hydrogen) atoms. The molecule has 1 heterocycles. The molecule has 1 fully saturated rings. The number of methoxy groups -OCH3 is 2. The van der Waals surface area contributed by atoms with Crippen molar-refractivity contribution >= 4 is 12.7 Å². The zero-order chi connectivity index (χ0) is 20.2. The van der Waals surface area contributed by atoms with E-state index in [0.29, 0.717) is 42.3 Å². The van der Waals surface area contributed by atoms with Gasteiger partial charge in [-0.2, -0.15) is 0 Å². The molecule has 1 aliphatic heterocycles. The highest BCUT2D eigenvalue weighted by Crippen LogP contribution is 2.41. The van der Waals surface area contributed by atoms with Gasteiger partial charge in [-0.3, -0.25) is 0 Å². The minimum absolute atomic E-state index is 0.388. The Morgan fingerprint density at radius 2 is 1.63 bits per heavy atom. The van der Waals surface area contributed by atoms with E-state index in [0.717, 1.165) is 0 Å². The van der Waals surface area contributed by atoms with Crippen LogP contribution in [-0.2, 0) is 14.0 Å². The summed E-state index contributed by atoms with van der Waals surface area (Å²) in [5, 5.41) is 0. The molecule has 0 bridgehead atoms. The number of ether oxygens (including phenoxy) is 3. The number of hydrogen-bond donors (Lipinski definition) is 0. The van der Waals surface area contributed by atoms with Crippen LogP contribution >= 0.6 is 0 Å². The van der Waals surface area contributed by atoms with Crippen molar-refractivity contribution in [1.29, 1.82) is 0 Å². The standard InChI is InChI=1S/C20H30BFO5/c1-8-25-12-11-15(14-9-10-16(23-6)17(13-14)24-7)18(22)21-26-19(2,3)20(4,5)27-21/h9-10,13H,8,11-12H2,1-7H3. The predicted molar refractivity (Wildman–Crippen MR) is 105 cm³/mol. The number of halogens is 1. The Morgan fingerprint density at radius 3 is 2.15 bits per heavy atom. The molecule has 1 aromatic carbocycles. The molecule has 1 aliphatic rings. The highest BCUT2D eigenvalue weighted by molar-refractivity contribution is 6.55. The fourth-order valence-electron chi connectivity index (χ4n) is 2.83. The maximum absolute atomic E-state index is 15.5. The van der Waals surface area contributed by atoms with Crippen LogP contribution in [0.2, 0.25) is 0 Å². The molecular weight excluding hydrogens is 350 g/mol. The Bertz CT molecular complexity index is 671. The summed E-state index contributed by atoms with van der Waals surface area (Å²) >= 11 is 0. The molecule has 0 amide bonds. The zero-order valence-corrected chi connectivity index (χ0v) is 17.3. The maximum atomic E-state index is 15.5. The molecule has 1 saturated heterocycles. The van der Waals surface area contributed by atoms with Gasteiger partial charge in [0.05, 0.1) is 32.0 Å². The molecule has 0 aliphatic carbocycles. The Kier molecular flexibility index (Phi) is 6.95. The molecule has 0 N–H and O–H groups in total. The van der Waals surface area contributed by atoms with Gasteiger partial charge in [0.25, 0.3) is 0 Å². The number of benzene rings is 1. The van der Waals surface area contributed by atoms with E-state index < -0.39 is 24.0 Å². The van der Waals surface area contributed by atoms with Crippen LogP contribution in [0.4, 0.5) is 4.39 Å². The van der Waals surface area contributed by atoms with Gasteiger partial charge in [0.15, 0.2) is 11.5 Å². The molecule has 0 atom stereocenters. The van der Waals surface area contributed by atoms with Crippen LogP contribution in [0, 0.1) is 0 Å². The minimum Gasteiger partial charge on any atom is -0.493 e. The zero-order valence-electron chi connectivity index (χ0n) is 17.3. The predicted octanol–water partition coefficient (Wildman–Crippen LogP) is 4.44. The van der Waals surface area contributed by atoms with Crippen molar-refractivity contribution in [3.8, 4) is 11.5 Å². The van der Waals surface area contributed by atoms with Crippen molar-refractivity contribution in [3.05, 3.63) is 29.5 Å². The second-order valence-corrected chi connectivity index (χ2v) is 7.43. The first kappa shape index (κ1) is 21.7. The molecule has 150 valence electrons. The van der Waals surface area contributed by atoms with Gasteiger partial charge < -0.3 is 23.5 Å². The molecule has 0 spiro atoms. The highest BCUT2D eigenvalue weighted by atomic mass is 19.1. The Labute approximate surface area is 161 Å². The average molecular weight is 380 g/mol. The Morgan fingerprint density at radius 1 is 1.04 bits per heavy atom. The van der Waals surface area contributed by atoms with Crippen LogP contribution in [0.3, 0.4) is 0 Å². The topological polar surface area (TPSA) is 46.2 Å². The number of rotatable bonds is 8. The Balaban J connectivity index is 2.43. The first-order valence-electron chi connectivity index (χ1n) is 9.21. The molecular formula is C20H30BFO5. The first-order chi connectivity index (χ1) is 12.7. The van der Waals surface area contributed by atoms with E-state index in [1.807, 2.05) is 34.6 Å². The summed E-state index contributed by atoms with van der Waals surface area (Å²) in [7, 11) is 2.06. The number of hydrogen-bond acceptors (Lipinski definition) is 5. The SMILES string of the molecule is CCOCCC(=C(F)B1OC(C)(C)C(C)(C)O1)c1ccc(OC)c(OC)c1. The molecule has 2 rings (SSSR count). The van der Waals surface area contributed by atoms with Crippen molar-refractivity contribution in [2.75, 3.05) is 27.4 Å². The van der Waals surface area contributed by atoms with E-state index in [1.165, 1.54) is 0 Å².